The summed E-state index contributed by atoms with van der Waals surface area (Å²) >= 11 is 0. The van der Waals surface area contributed by atoms with Gasteiger partial charge in [0.1, 0.15) is 0 Å². The Hall–Kier alpha value is -1.07. The molecular weight excluding hydrogens is 202 g/mol. The molecule has 2 N–H and O–H groups in total. The Morgan fingerprint density at radius 2 is 2.25 bits per heavy atom. The predicted octanol–water partition coefficient (Wildman–Crippen LogP) is 0.101. The maximum atomic E-state index is 5.62. The minimum Gasteiger partial charge on any atom is -0.396 e. The molecule has 0 radical (unpaired) electrons. The molecule has 0 spiro atoms. The molecule has 0 aromatic carbocycles. The molecule has 1 atom stereocenters. The van der Waals surface area contributed by atoms with Crippen molar-refractivity contribution in [3.05, 3.63) is 12.4 Å². The summed E-state index contributed by atoms with van der Waals surface area (Å²) in [5.74, 6) is 0. The van der Waals surface area contributed by atoms with Crippen LogP contribution in [0, 0.1) is 0 Å². The number of nitrogens with zero attached hydrogens (tertiary/aromatic N) is 4. The first-order valence-electron chi connectivity index (χ1n) is 5.85. The summed E-state index contributed by atoms with van der Waals surface area (Å²) in [6, 6.07) is 0.649. The summed E-state index contributed by atoms with van der Waals surface area (Å²) < 4.78 is 1.92. The smallest absolute Gasteiger partial charge is 0.0719 e. The van der Waals surface area contributed by atoms with Gasteiger partial charge in [-0.05, 0) is 14.0 Å². The molecule has 1 fully saturated rings. The van der Waals surface area contributed by atoms with Gasteiger partial charge in [-0.3, -0.25) is 9.58 Å². The third-order valence-corrected chi connectivity index (χ3v) is 3.34. The van der Waals surface area contributed by atoms with E-state index in [0.717, 1.165) is 38.4 Å². The monoisotopic (exact) mass is 223 g/mol. The molecule has 2 rings (SSSR count). The number of likely N-dealkylation sites (N-methyl/N-ethyl adjacent to an activating group) is 1. The average molecular weight is 223 g/mol. The molecule has 5 nitrogen and oxygen atoms in total. The van der Waals surface area contributed by atoms with Gasteiger partial charge >= 0.3 is 0 Å². The predicted molar refractivity (Wildman–Crippen MR) is 65.2 cm³/mol. The van der Waals surface area contributed by atoms with E-state index >= 15 is 0 Å². The molecular formula is C11H21N5. The summed E-state index contributed by atoms with van der Waals surface area (Å²) in [4.78, 5) is 4.89. The number of nitrogens with two attached hydrogens (primary N) is 1. The van der Waals surface area contributed by atoms with E-state index in [1.165, 1.54) is 0 Å². The van der Waals surface area contributed by atoms with Crippen LogP contribution in [0.4, 0.5) is 5.69 Å². The van der Waals surface area contributed by atoms with Crippen molar-refractivity contribution in [3.8, 4) is 0 Å². The molecule has 0 saturated carbocycles. The SMILES string of the molecule is CC1CN(CCn2cc(N)cn2)CCN1C. The molecule has 1 aromatic heterocycles. The fourth-order valence-electron chi connectivity index (χ4n) is 2.07. The fraction of sp³-hybridized carbons (Fsp3) is 0.727. The lowest BCUT2D eigenvalue weighted by Crippen LogP contribution is -2.50. The normalized spacial score (nSPS) is 23.8. The minimum absolute atomic E-state index is 0.649. The second kappa shape index (κ2) is 4.84. The fourth-order valence-corrected chi connectivity index (χ4v) is 2.07. The first-order chi connectivity index (χ1) is 7.65. The van der Waals surface area contributed by atoms with E-state index in [2.05, 4.69) is 28.9 Å². The average Bonchev–Trinajstić information content (AvgIpc) is 2.66. The van der Waals surface area contributed by atoms with Crippen molar-refractivity contribution in [1.29, 1.82) is 0 Å². The van der Waals surface area contributed by atoms with E-state index < -0.39 is 0 Å². The second-order valence-corrected chi connectivity index (χ2v) is 4.67. The van der Waals surface area contributed by atoms with E-state index in [-0.39, 0.29) is 0 Å². The Kier molecular flexibility index (Phi) is 3.46. The zero-order chi connectivity index (χ0) is 11.5. The van der Waals surface area contributed by atoms with Gasteiger partial charge in [0.05, 0.1) is 18.4 Å². The van der Waals surface area contributed by atoms with Gasteiger partial charge in [-0.1, -0.05) is 0 Å². The van der Waals surface area contributed by atoms with Crippen molar-refractivity contribution >= 4 is 5.69 Å². The topological polar surface area (TPSA) is 50.3 Å². The molecule has 0 aliphatic carbocycles. The van der Waals surface area contributed by atoms with Crippen molar-refractivity contribution in [2.24, 2.45) is 0 Å². The van der Waals surface area contributed by atoms with Crippen LogP contribution in [0.3, 0.4) is 0 Å². The molecule has 90 valence electrons. The molecule has 16 heavy (non-hydrogen) atoms. The van der Waals surface area contributed by atoms with Crippen LogP contribution in [0.5, 0.6) is 0 Å². The highest BCUT2D eigenvalue weighted by atomic mass is 15.3. The Bertz CT molecular complexity index is 335. The Labute approximate surface area is 96.8 Å². The van der Waals surface area contributed by atoms with Crippen molar-refractivity contribution in [3.63, 3.8) is 0 Å². The summed E-state index contributed by atoms with van der Waals surface area (Å²) in [6.45, 7) is 7.71. The molecule has 0 amide bonds. The first kappa shape index (κ1) is 11.4. The number of aromatic nitrogens is 2. The molecule has 1 aliphatic rings. The van der Waals surface area contributed by atoms with Gasteiger partial charge in [0.25, 0.3) is 0 Å². The summed E-state index contributed by atoms with van der Waals surface area (Å²) in [5, 5.41) is 4.19. The summed E-state index contributed by atoms with van der Waals surface area (Å²) in [7, 11) is 2.19. The standard InChI is InChI=1S/C11H21N5/c1-10-8-15(4-3-14(10)2)5-6-16-9-11(12)7-13-16/h7,9-10H,3-6,8,12H2,1-2H3. The highest BCUT2D eigenvalue weighted by molar-refractivity contribution is 5.30. The Morgan fingerprint density at radius 3 is 2.88 bits per heavy atom. The van der Waals surface area contributed by atoms with Gasteiger partial charge in [0.2, 0.25) is 0 Å². The molecule has 1 aromatic rings. The van der Waals surface area contributed by atoms with Crippen LogP contribution in [-0.4, -0.2) is 58.8 Å². The van der Waals surface area contributed by atoms with Crippen molar-refractivity contribution in [2.45, 2.75) is 19.5 Å². The lowest BCUT2D eigenvalue weighted by atomic mass is 10.2. The van der Waals surface area contributed by atoms with Crippen LogP contribution in [0.1, 0.15) is 6.92 Å². The van der Waals surface area contributed by atoms with E-state index in [9.17, 15) is 0 Å². The molecule has 1 aliphatic heterocycles. The van der Waals surface area contributed by atoms with Crippen LogP contribution in [0.25, 0.3) is 0 Å². The lowest BCUT2D eigenvalue weighted by Gasteiger charge is -2.37. The maximum absolute atomic E-state index is 5.62. The highest BCUT2D eigenvalue weighted by Gasteiger charge is 2.19. The number of nitrogen functional groups attached to an aromatic ring is 1. The van der Waals surface area contributed by atoms with Gasteiger partial charge in [-0.15, -0.1) is 0 Å². The highest BCUT2D eigenvalue weighted by Crippen LogP contribution is 2.07. The lowest BCUT2D eigenvalue weighted by molar-refractivity contribution is 0.102. The number of hydrogen-bond donors (Lipinski definition) is 1. The quantitative estimate of drug-likeness (QED) is 0.789. The molecule has 1 saturated heterocycles. The van der Waals surface area contributed by atoms with Crippen LogP contribution in [-0.2, 0) is 6.54 Å². The van der Waals surface area contributed by atoms with Gasteiger partial charge < -0.3 is 10.6 Å². The second-order valence-electron chi connectivity index (χ2n) is 4.67. The van der Waals surface area contributed by atoms with Crippen LogP contribution in [0.15, 0.2) is 12.4 Å². The van der Waals surface area contributed by atoms with Crippen molar-refractivity contribution in [2.75, 3.05) is 39.0 Å². The summed E-state index contributed by atoms with van der Waals surface area (Å²) in [6.07, 6.45) is 3.59. The maximum Gasteiger partial charge on any atom is 0.0719 e. The summed E-state index contributed by atoms with van der Waals surface area (Å²) in [5.41, 5.74) is 6.37. The largest absolute Gasteiger partial charge is 0.396 e. The minimum atomic E-state index is 0.649. The molecule has 2 heterocycles. The van der Waals surface area contributed by atoms with E-state index in [4.69, 9.17) is 5.73 Å². The van der Waals surface area contributed by atoms with Crippen LogP contribution in [0.2, 0.25) is 0 Å². The number of anilines is 1. The van der Waals surface area contributed by atoms with Crippen molar-refractivity contribution < 1.29 is 0 Å². The molecule has 1 unspecified atom stereocenters. The van der Waals surface area contributed by atoms with Gasteiger partial charge in [-0.2, -0.15) is 5.10 Å². The Balaban J connectivity index is 1.78. The third kappa shape index (κ3) is 2.74. The van der Waals surface area contributed by atoms with Crippen LogP contribution >= 0.6 is 0 Å². The number of rotatable bonds is 3. The van der Waals surface area contributed by atoms with Gasteiger partial charge in [0, 0.05) is 38.4 Å². The third-order valence-electron chi connectivity index (χ3n) is 3.34. The van der Waals surface area contributed by atoms with Gasteiger partial charge in [-0.25, -0.2) is 0 Å². The van der Waals surface area contributed by atoms with Gasteiger partial charge in [0.15, 0.2) is 0 Å². The molecule has 0 bridgehead atoms. The van der Waals surface area contributed by atoms with E-state index in [1.807, 2.05) is 10.9 Å². The first-order valence-corrected chi connectivity index (χ1v) is 5.85. The van der Waals surface area contributed by atoms with E-state index in [1.54, 1.807) is 6.20 Å². The number of hydrogen-bond acceptors (Lipinski definition) is 4. The van der Waals surface area contributed by atoms with Crippen molar-refractivity contribution in [1.82, 2.24) is 19.6 Å². The number of piperazine rings is 1. The zero-order valence-corrected chi connectivity index (χ0v) is 10.1. The zero-order valence-electron chi connectivity index (χ0n) is 10.1. The molecule has 5 heteroatoms. The van der Waals surface area contributed by atoms with Crippen LogP contribution < -0.4 is 5.73 Å². The Morgan fingerprint density at radius 1 is 1.44 bits per heavy atom. The van der Waals surface area contributed by atoms with E-state index in [0.29, 0.717) is 6.04 Å².